The molecule has 0 aliphatic rings. The van der Waals surface area contributed by atoms with E-state index in [2.05, 4.69) is 4.98 Å². The largest absolute Gasteiger partial charge is 0.368 e. The van der Waals surface area contributed by atoms with Gasteiger partial charge in [0.1, 0.15) is 12.4 Å². The minimum atomic E-state index is -0.447. The van der Waals surface area contributed by atoms with Gasteiger partial charge in [0.05, 0.1) is 4.92 Å². The van der Waals surface area contributed by atoms with E-state index in [1.165, 1.54) is 12.1 Å². The molecule has 0 bridgehead atoms. The van der Waals surface area contributed by atoms with E-state index in [0.717, 1.165) is 5.56 Å². The average molecular weight is 260 g/mol. The molecule has 0 spiro atoms. The van der Waals surface area contributed by atoms with Crippen molar-refractivity contribution in [2.45, 2.75) is 13.0 Å². The van der Waals surface area contributed by atoms with Crippen LogP contribution < -0.4 is 5.73 Å². The van der Waals surface area contributed by atoms with Gasteiger partial charge in [-0.15, -0.1) is 0 Å². The molecule has 0 aliphatic carbocycles. The normalized spacial score (nSPS) is 10.3. The number of non-ortho nitro benzene ring substituents is 1. The molecule has 7 heteroatoms. The number of imidazole rings is 1. The smallest absolute Gasteiger partial charge is 0.269 e. The van der Waals surface area contributed by atoms with Gasteiger partial charge in [0.2, 0.25) is 5.91 Å². The summed E-state index contributed by atoms with van der Waals surface area (Å²) in [5.41, 5.74) is 6.06. The molecule has 0 saturated heterocycles. The molecule has 2 rings (SSSR count). The third-order valence-electron chi connectivity index (χ3n) is 2.64. The van der Waals surface area contributed by atoms with Crippen LogP contribution in [0.15, 0.2) is 36.7 Å². The molecular weight excluding hydrogens is 248 g/mol. The summed E-state index contributed by atoms with van der Waals surface area (Å²) in [5, 5.41) is 10.5. The molecule has 2 N–H and O–H groups in total. The lowest BCUT2D eigenvalue weighted by atomic mass is 10.1. The number of carbonyl (C=O) groups excluding carboxylic acids is 1. The third kappa shape index (κ3) is 3.15. The van der Waals surface area contributed by atoms with Crippen molar-refractivity contribution in [2.75, 3.05) is 0 Å². The van der Waals surface area contributed by atoms with Crippen molar-refractivity contribution < 1.29 is 9.72 Å². The first-order valence-corrected chi connectivity index (χ1v) is 5.58. The average Bonchev–Trinajstić information content (AvgIpc) is 2.76. The Morgan fingerprint density at radius 2 is 2.05 bits per heavy atom. The molecule has 0 atom stereocenters. The predicted molar refractivity (Wildman–Crippen MR) is 67.3 cm³/mol. The Labute approximate surface area is 108 Å². The highest BCUT2D eigenvalue weighted by Crippen LogP contribution is 2.14. The molecule has 0 radical (unpaired) electrons. The van der Waals surface area contributed by atoms with Gasteiger partial charge >= 0.3 is 0 Å². The van der Waals surface area contributed by atoms with Crippen LogP contribution in [-0.4, -0.2) is 20.4 Å². The summed E-state index contributed by atoms with van der Waals surface area (Å²) >= 11 is 0. The van der Waals surface area contributed by atoms with Gasteiger partial charge in [-0.3, -0.25) is 14.9 Å². The fourth-order valence-electron chi connectivity index (χ4n) is 1.74. The molecule has 7 nitrogen and oxygen atoms in total. The fourth-order valence-corrected chi connectivity index (χ4v) is 1.74. The number of carbonyl (C=O) groups is 1. The summed E-state index contributed by atoms with van der Waals surface area (Å²) < 4.78 is 1.66. The van der Waals surface area contributed by atoms with Gasteiger partial charge in [-0.1, -0.05) is 12.1 Å². The highest BCUT2D eigenvalue weighted by atomic mass is 16.6. The predicted octanol–water partition coefficient (Wildman–Crippen LogP) is 0.867. The van der Waals surface area contributed by atoms with Crippen molar-refractivity contribution in [3.8, 4) is 0 Å². The van der Waals surface area contributed by atoms with Crippen molar-refractivity contribution in [1.82, 2.24) is 9.55 Å². The quantitative estimate of drug-likeness (QED) is 0.636. The van der Waals surface area contributed by atoms with Crippen LogP contribution in [0, 0.1) is 10.1 Å². The number of nitro groups is 1. The van der Waals surface area contributed by atoms with Gasteiger partial charge in [0.25, 0.3) is 5.69 Å². The van der Waals surface area contributed by atoms with Gasteiger partial charge < -0.3 is 10.3 Å². The van der Waals surface area contributed by atoms with Crippen LogP contribution in [0.1, 0.15) is 11.4 Å². The SMILES string of the molecule is NC(=O)Cn1ccnc1Cc1ccc([N+](=O)[O-])cc1. The number of primary amides is 1. The maximum Gasteiger partial charge on any atom is 0.269 e. The maximum atomic E-state index is 10.9. The summed E-state index contributed by atoms with van der Waals surface area (Å²) in [6.45, 7) is 0.0717. The number of nitrogens with zero attached hydrogens (tertiary/aromatic N) is 3. The molecule has 0 aliphatic heterocycles. The first-order chi connectivity index (χ1) is 9.06. The zero-order chi connectivity index (χ0) is 13.8. The van der Waals surface area contributed by atoms with Gasteiger partial charge in [-0.05, 0) is 5.56 Å². The molecule has 1 aromatic heterocycles. The van der Waals surface area contributed by atoms with E-state index in [4.69, 9.17) is 5.73 Å². The molecule has 0 fully saturated rings. The van der Waals surface area contributed by atoms with Crippen LogP contribution in [0.4, 0.5) is 5.69 Å². The van der Waals surface area contributed by atoms with E-state index in [9.17, 15) is 14.9 Å². The molecule has 1 heterocycles. The highest BCUT2D eigenvalue weighted by molar-refractivity contribution is 5.73. The zero-order valence-electron chi connectivity index (χ0n) is 10.0. The number of aromatic nitrogens is 2. The topological polar surface area (TPSA) is 104 Å². The number of benzene rings is 1. The Morgan fingerprint density at radius 3 is 2.63 bits per heavy atom. The molecule has 98 valence electrons. The van der Waals surface area contributed by atoms with Crippen molar-refractivity contribution in [3.63, 3.8) is 0 Å². The maximum absolute atomic E-state index is 10.9. The van der Waals surface area contributed by atoms with Crippen LogP contribution in [0.25, 0.3) is 0 Å². The Kier molecular flexibility index (Phi) is 3.56. The van der Waals surface area contributed by atoms with Crippen molar-refractivity contribution in [2.24, 2.45) is 5.73 Å². The Morgan fingerprint density at radius 1 is 1.37 bits per heavy atom. The third-order valence-corrected chi connectivity index (χ3v) is 2.64. The first-order valence-electron chi connectivity index (χ1n) is 5.58. The van der Waals surface area contributed by atoms with E-state index < -0.39 is 10.8 Å². The van der Waals surface area contributed by atoms with Gasteiger partial charge in [-0.2, -0.15) is 0 Å². The molecule has 1 amide bonds. The van der Waals surface area contributed by atoms with Crippen molar-refractivity contribution in [1.29, 1.82) is 0 Å². The van der Waals surface area contributed by atoms with Crippen LogP contribution in [0.3, 0.4) is 0 Å². The lowest BCUT2D eigenvalue weighted by Crippen LogP contribution is -2.19. The number of nitrogens with two attached hydrogens (primary N) is 1. The molecule has 0 saturated carbocycles. The number of nitro benzene ring substituents is 1. The Bertz CT molecular complexity index is 604. The second kappa shape index (κ2) is 5.30. The minimum Gasteiger partial charge on any atom is -0.368 e. The minimum absolute atomic E-state index is 0.0456. The van der Waals surface area contributed by atoms with E-state index in [0.29, 0.717) is 12.2 Å². The van der Waals surface area contributed by atoms with Crippen molar-refractivity contribution >= 4 is 11.6 Å². The van der Waals surface area contributed by atoms with E-state index in [1.54, 1.807) is 29.1 Å². The molecule has 2 aromatic rings. The Hall–Kier alpha value is -2.70. The van der Waals surface area contributed by atoms with E-state index in [1.807, 2.05) is 0 Å². The summed E-state index contributed by atoms with van der Waals surface area (Å²) in [4.78, 5) is 25.1. The fraction of sp³-hybridized carbons (Fsp3) is 0.167. The Balaban J connectivity index is 2.15. The lowest BCUT2D eigenvalue weighted by Gasteiger charge is -2.05. The second-order valence-electron chi connectivity index (χ2n) is 4.04. The van der Waals surface area contributed by atoms with Crippen LogP contribution >= 0.6 is 0 Å². The number of rotatable bonds is 5. The molecule has 19 heavy (non-hydrogen) atoms. The zero-order valence-corrected chi connectivity index (χ0v) is 10.0. The number of hydrogen-bond acceptors (Lipinski definition) is 4. The number of hydrogen-bond donors (Lipinski definition) is 1. The summed E-state index contributed by atoms with van der Waals surface area (Å²) in [6.07, 6.45) is 3.74. The summed E-state index contributed by atoms with van der Waals surface area (Å²) in [7, 11) is 0. The van der Waals surface area contributed by atoms with Crippen LogP contribution in [0.2, 0.25) is 0 Å². The van der Waals surface area contributed by atoms with Gasteiger partial charge in [0.15, 0.2) is 0 Å². The highest BCUT2D eigenvalue weighted by Gasteiger charge is 2.08. The summed E-state index contributed by atoms with van der Waals surface area (Å²) in [6, 6.07) is 6.22. The molecule has 1 aromatic carbocycles. The summed E-state index contributed by atoms with van der Waals surface area (Å²) in [5.74, 6) is 0.246. The monoisotopic (exact) mass is 260 g/mol. The molecular formula is C12H12N4O3. The molecule has 0 unspecified atom stereocenters. The van der Waals surface area contributed by atoms with Gasteiger partial charge in [0, 0.05) is 30.9 Å². The lowest BCUT2D eigenvalue weighted by molar-refractivity contribution is -0.384. The standard InChI is InChI=1S/C12H12N4O3/c13-11(17)8-15-6-5-14-12(15)7-9-1-3-10(4-2-9)16(18)19/h1-6H,7-8H2,(H2,13,17). The van der Waals surface area contributed by atoms with E-state index in [-0.39, 0.29) is 12.2 Å². The van der Waals surface area contributed by atoms with Crippen LogP contribution in [-0.2, 0) is 17.8 Å². The first kappa shape index (κ1) is 12.7. The van der Waals surface area contributed by atoms with E-state index >= 15 is 0 Å². The van der Waals surface area contributed by atoms with Gasteiger partial charge in [-0.25, -0.2) is 4.98 Å². The second-order valence-corrected chi connectivity index (χ2v) is 4.04. The van der Waals surface area contributed by atoms with Crippen LogP contribution in [0.5, 0.6) is 0 Å². The van der Waals surface area contributed by atoms with Crippen molar-refractivity contribution in [3.05, 3.63) is 58.2 Å². The number of amides is 1.